The lowest BCUT2D eigenvalue weighted by atomic mass is 10.2. The number of hydrogen-bond acceptors (Lipinski definition) is 6. The molecule has 0 aromatic heterocycles. The first-order valence-corrected chi connectivity index (χ1v) is 10.3. The van der Waals surface area contributed by atoms with E-state index in [9.17, 15) is 18.0 Å². The highest BCUT2D eigenvalue weighted by atomic mass is 32.2. The van der Waals surface area contributed by atoms with Gasteiger partial charge in [0.15, 0.2) is 9.84 Å². The molecule has 0 saturated carbocycles. The van der Waals surface area contributed by atoms with Gasteiger partial charge in [-0.1, -0.05) is 0 Å². The Morgan fingerprint density at radius 3 is 2.33 bits per heavy atom. The zero-order valence-corrected chi connectivity index (χ0v) is 15.3. The van der Waals surface area contributed by atoms with E-state index in [1.54, 1.807) is 16.7 Å². The molecule has 2 aliphatic rings. The Hall–Kier alpha value is -1.35. The maximum absolute atomic E-state index is 12.5. The third-order valence-corrected chi connectivity index (χ3v) is 6.32. The molecule has 0 bridgehead atoms. The summed E-state index contributed by atoms with van der Waals surface area (Å²) >= 11 is 0. The predicted molar refractivity (Wildman–Crippen MR) is 89.5 cm³/mol. The van der Waals surface area contributed by atoms with Crippen LogP contribution in [0.15, 0.2) is 0 Å². The molecule has 1 atom stereocenters. The number of hydrogen-bond donors (Lipinski definition) is 0. The summed E-state index contributed by atoms with van der Waals surface area (Å²) in [6.45, 7) is 7.09. The maximum Gasteiger partial charge on any atom is 0.409 e. The fourth-order valence-electron chi connectivity index (χ4n) is 3.24. The van der Waals surface area contributed by atoms with Crippen LogP contribution in [-0.2, 0) is 19.4 Å². The Morgan fingerprint density at radius 1 is 1.17 bits per heavy atom. The van der Waals surface area contributed by atoms with Gasteiger partial charge in [-0.15, -0.1) is 0 Å². The molecule has 0 spiro atoms. The van der Waals surface area contributed by atoms with Gasteiger partial charge in [-0.3, -0.25) is 9.69 Å². The van der Waals surface area contributed by atoms with Crippen LogP contribution in [0, 0.1) is 0 Å². The Bertz CT molecular complexity index is 557. The number of piperazine rings is 1. The van der Waals surface area contributed by atoms with Crippen molar-refractivity contribution in [3.8, 4) is 0 Å². The van der Waals surface area contributed by atoms with Crippen molar-refractivity contribution in [2.75, 3.05) is 57.4 Å². The van der Waals surface area contributed by atoms with E-state index in [0.29, 0.717) is 45.8 Å². The lowest BCUT2D eigenvalue weighted by Crippen LogP contribution is -2.53. The highest BCUT2D eigenvalue weighted by molar-refractivity contribution is 7.91. The third-order valence-electron chi connectivity index (χ3n) is 4.57. The van der Waals surface area contributed by atoms with Crippen molar-refractivity contribution >= 4 is 21.8 Å². The lowest BCUT2D eigenvalue weighted by molar-refractivity contribution is -0.134. The second-order valence-electron chi connectivity index (χ2n) is 6.20. The molecule has 0 aliphatic carbocycles. The topological polar surface area (TPSA) is 87.2 Å². The van der Waals surface area contributed by atoms with Crippen LogP contribution < -0.4 is 0 Å². The molecule has 2 saturated heterocycles. The number of likely N-dealkylation sites (N-methyl/N-ethyl adjacent to an activating group) is 1. The number of rotatable bonds is 5. The van der Waals surface area contributed by atoms with E-state index < -0.39 is 9.84 Å². The molecule has 2 amide bonds. The third kappa shape index (κ3) is 4.83. The van der Waals surface area contributed by atoms with Crippen LogP contribution in [0.3, 0.4) is 0 Å². The average Bonchev–Trinajstić information content (AvgIpc) is 2.88. The van der Waals surface area contributed by atoms with E-state index in [-0.39, 0.29) is 36.1 Å². The minimum Gasteiger partial charge on any atom is -0.450 e. The molecule has 9 heteroatoms. The summed E-state index contributed by atoms with van der Waals surface area (Å²) in [4.78, 5) is 29.5. The van der Waals surface area contributed by atoms with Gasteiger partial charge in [0, 0.05) is 38.8 Å². The summed E-state index contributed by atoms with van der Waals surface area (Å²) in [6.07, 6.45) is 0.216. The average molecular weight is 361 g/mol. The van der Waals surface area contributed by atoms with Crippen molar-refractivity contribution in [3.63, 3.8) is 0 Å². The summed E-state index contributed by atoms with van der Waals surface area (Å²) < 4.78 is 28.2. The van der Waals surface area contributed by atoms with Gasteiger partial charge >= 0.3 is 6.09 Å². The van der Waals surface area contributed by atoms with Crippen molar-refractivity contribution in [2.24, 2.45) is 0 Å². The molecule has 2 aliphatic heterocycles. The molecule has 0 aromatic carbocycles. The minimum atomic E-state index is -3.01. The van der Waals surface area contributed by atoms with Crippen LogP contribution in [0.5, 0.6) is 0 Å². The quantitative estimate of drug-likeness (QED) is 0.674. The van der Waals surface area contributed by atoms with Gasteiger partial charge in [0.05, 0.1) is 24.7 Å². The first kappa shape index (κ1) is 19.0. The molecule has 138 valence electrons. The first-order chi connectivity index (χ1) is 11.4. The van der Waals surface area contributed by atoms with Crippen LogP contribution in [0.4, 0.5) is 4.79 Å². The lowest BCUT2D eigenvalue weighted by Gasteiger charge is -2.35. The summed E-state index contributed by atoms with van der Waals surface area (Å²) in [5, 5.41) is 0. The summed E-state index contributed by atoms with van der Waals surface area (Å²) in [7, 11) is -3.01. The van der Waals surface area contributed by atoms with Crippen LogP contribution in [0.2, 0.25) is 0 Å². The molecule has 0 N–H and O–H groups in total. The van der Waals surface area contributed by atoms with Crippen molar-refractivity contribution in [1.29, 1.82) is 0 Å². The van der Waals surface area contributed by atoms with Crippen LogP contribution in [-0.4, -0.2) is 98.5 Å². The maximum atomic E-state index is 12.5. The monoisotopic (exact) mass is 361 g/mol. The van der Waals surface area contributed by atoms with Crippen molar-refractivity contribution < 1.29 is 22.7 Å². The van der Waals surface area contributed by atoms with Gasteiger partial charge < -0.3 is 14.5 Å². The molecular weight excluding hydrogens is 334 g/mol. The van der Waals surface area contributed by atoms with Gasteiger partial charge in [0.1, 0.15) is 0 Å². The number of ether oxygens (including phenoxy) is 1. The van der Waals surface area contributed by atoms with Crippen LogP contribution in [0.25, 0.3) is 0 Å². The molecule has 8 nitrogen and oxygen atoms in total. The van der Waals surface area contributed by atoms with Crippen molar-refractivity contribution in [3.05, 3.63) is 0 Å². The predicted octanol–water partition coefficient (Wildman–Crippen LogP) is -0.204. The smallest absolute Gasteiger partial charge is 0.409 e. The molecule has 2 rings (SSSR count). The fourth-order valence-corrected chi connectivity index (χ4v) is 4.98. The van der Waals surface area contributed by atoms with Gasteiger partial charge in [-0.25, -0.2) is 13.2 Å². The SMILES string of the molecule is CCOC(=O)N1CCN(CC(=O)N(CC)C2CCS(=O)(=O)C2)CC1. The zero-order chi connectivity index (χ0) is 17.7. The Labute approximate surface area is 143 Å². The van der Waals surface area contributed by atoms with E-state index in [4.69, 9.17) is 4.74 Å². The van der Waals surface area contributed by atoms with Crippen molar-refractivity contribution in [2.45, 2.75) is 26.3 Å². The van der Waals surface area contributed by atoms with E-state index >= 15 is 0 Å². The van der Waals surface area contributed by atoms with E-state index in [0.717, 1.165) is 0 Å². The number of sulfone groups is 1. The van der Waals surface area contributed by atoms with Gasteiger partial charge in [-0.2, -0.15) is 0 Å². The highest BCUT2D eigenvalue weighted by Gasteiger charge is 2.34. The van der Waals surface area contributed by atoms with Crippen molar-refractivity contribution in [1.82, 2.24) is 14.7 Å². The summed E-state index contributed by atoms with van der Waals surface area (Å²) in [5.41, 5.74) is 0. The Kier molecular flexibility index (Phi) is 6.45. The van der Waals surface area contributed by atoms with Gasteiger partial charge in [-0.05, 0) is 20.3 Å². The molecule has 2 heterocycles. The van der Waals surface area contributed by atoms with Gasteiger partial charge in [0.2, 0.25) is 5.91 Å². The first-order valence-electron chi connectivity index (χ1n) is 8.50. The fraction of sp³-hybridized carbons (Fsp3) is 0.867. The summed E-state index contributed by atoms with van der Waals surface area (Å²) in [6, 6.07) is -0.201. The summed E-state index contributed by atoms with van der Waals surface area (Å²) in [5.74, 6) is 0.201. The zero-order valence-electron chi connectivity index (χ0n) is 14.4. The Morgan fingerprint density at radius 2 is 1.83 bits per heavy atom. The highest BCUT2D eigenvalue weighted by Crippen LogP contribution is 2.18. The van der Waals surface area contributed by atoms with Gasteiger partial charge in [0.25, 0.3) is 0 Å². The van der Waals surface area contributed by atoms with Crippen LogP contribution >= 0.6 is 0 Å². The van der Waals surface area contributed by atoms with Crippen LogP contribution in [0.1, 0.15) is 20.3 Å². The molecule has 0 aromatic rings. The number of amides is 2. The normalized spacial score (nSPS) is 23.9. The minimum absolute atomic E-state index is 0.0378. The molecular formula is C15H27N3O5S. The second-order valence-corrected chi connectivity index (χ2v) is 8.43. The van der Waals surface area contributed by atoms with E-state index in [1.807, 2.05) is 11.8 Å². The standard InChI is InChI=1S/C15H27N3O5S/c1-3-18(13-5-10-24(21,22)12-13)14(19)11-16-6-8-17(9-7-16)15(20)23-4-2/h13H,3-12H2,1-2H3. The molecule has 1 unspecified atom stereocenters. The second kappa shape index (κ2) is 8.15. The Balaban J connectivity index is 1.83. The number of nitrogens with zero attached hydrogens (tertiary/aromatic N) is 3. The number of carbonyl (C=O) groups excluding carboxylic acids is 2. The largest absolute Gasteiger partial charge is 0.450 e. The molecule has 2 fully saturated rings. The molecule has 24 heavy (non-hydrogen) atoms. The van der Waals surface area contributed by atoms with E-state index in [1.165, 1.54) is 0 Å². The number of carbonyl (C=O) groups is 2. The van der Waals surface area contributed by atoms with E-state index in [2.05, 4.69) is 0 Å². The molecule has 0 radical (unpaired) electrons.